The Bertz CT molecular complexity index is 694. The molecule has 2 N–H and O–H groups in total. The van der Waals surface area contributed by atoms with Crippen LogP contribution in [0.3, 0.4) is 0 Å². The average molecular weight is 328 g/mol. The summed E-state index contributed by atoms with van der Waals surface area (Å²) in [5.41, 5.74) is 3.57. The molecule has 6 heteroatoms. The first-order valence-electron chi connectivity index (χ1n) is 8.22. The zero-order valence-electron chi connectivity index (χ0n) is 14.4. The smallest absolute Gasteiger partial charge is 0.317 e. The van der Waals surface area contributed by atoms with Gasteiger partial charge >= 0.3 is 6.03 Å². The lowest BCUT2D eigenvalue weighted by Crippen LogP contribution is -2.53. The zero-order valence-corrected chi connectivity index (χ0v) is 14.4. The molecular formula is C18H24N4O2. The van der Waals surface area contributed by atoms with Crippen LogP contribution >= 0.6 is 0 Å². The minimum Gasteiger partial charge on any atom is -0.367 e. The summed E-state index contributed by atoms with van der Waals surface area (Å²) >= 11 is 0. The number of morpholine rings is 1. The standard InChI is InChI=1S/C18H24N4O2/c1-13-16(14(2)21-20-13)11-19-17(23)22-9-10-24-18(3,12-22)15-7-5-4-6-8-15/h4-8H,9-12H2,1-3H3,(H,19,23)(H,20,21)/t18-/m1/s1. The molecule has 2 heterocycles. The number of aromatic amines is 1. The Balaban J connectivity index is 1.65. The Morgan fingerprint density at radius 2 is 2.12 bits per heavy atom. The molecule has 1 aliphatic rings. The molecule has 0 saturated carbocycles. The van der Waals surface area contributed by atoms with Crippen LogP contribution in [0.5, 0.6) is 0 Å². The number of aromatic nitrogens is 2. The van der Waals surface area contributed by atoms with Gasteiger partial charge in [0.15, 0.2) is 0 Å². The monoisotopic (exact) mass is 328 g/mol. The van der Waals surface area contributed by atoms with Crippen LogP contribution in [0.4, 0.5) is 4.79 Å². The topological polar surface area (TPSA) is 70.2 Å². The van der Waals surface area contributed by atoms with Crippen LogP contribution in [0, 0.1) is 13.8 Å². The zero-order chi connectivity index (χ0) is 17.2. The molecule has 1 aromatic carbocycles. The Kier molecular flexibility index (Phi) is 4.57. The molecule has 0 aliphatic carbocycles. The quantitative estimate of drug-likeness (QED) is 0.909. The van der Waals surface area contributed by atoms with E-state index in [4.69, 9.17) is 4.74 Å². The number of amides is 2. The van der Waals surface area contributed by atoms with Gasteiger partial charge in [-0.1, -0.05) is 30.3 Å². The minimum absolute atomic E-state index is 0.0690. The van der Waals surface area contributed by atoms with Crippen molar-refractivity contribution >= 4 is 6.03 Å². The molecule has 24 heavy (non-hydrogen) atoms. The van der Waals surface area contributed by atoms with E-state index >= 15 is 0 Å². The van der Waals surface area contributed by atoms with Gasteiger partial charge in [-0.25, -0.2) is 4.79 Å². The first-order valence-corrected chi connectivity index (χ1v) is 8.22. The van der Waals surface area contributed by atoms with Crippen molar-refractivity contribution < 1.29 is 9.53 Å². The van der Waals surface area contributed by atoms with Crippen molar-refractivity contribution in [2.75, 3.05) is 19.7 Å². The van der Waals surface area contributed by atoms with Crippen LogP contribution in [0.1, 0.15) is 29.4 Å². The van der Waals surface area contributed by atoms with Crippen molar-refractivity contribution in [3.05, 3.63) is 52.8 Å². The molecule has 2 aromatic rings. The second kappa shape index (κ2) is 6.65. The lowest BCUT2D eigenvalue weighted by atomic mass is 9.94. The molecule has 1 aliphatic heterocycles. The number of carbonyl (C=O) groups excluding carboxylic acids is 1. The second-order valence-corrected chi connectivity index (χ2v) is 6.44. The third-order valence-corrected chi connectivity index (χ3v) is 4.64. The van der Waals surface area contributed by atoms with E-state index in [1.54, 1.807) is 0 Å². The summed E-state index contributed by atoms with van der Waals surface area (Å²) in [7, 11) is 0. The number of ether oxygens (including phenoxy) is 1. The number of nitrogens with one attached hydrogen (secondary N) is 2. The molecule has 3 rings (SSSR count). The molecule has 0 unspecified atom stereocenters. The molecule has 1 fully saturated rings. The van der Waals surface area contributed by atoms with Gasteiger partial charge in [-0.3, -0.25) is 5.10 Å². The minimum atomic E-state index is -0.474. The molecular weight excluding hydrogens is 304 g/mol. The van der Waals surface area contributed by atoms with Crippen LogP contribution < -0.4 is 5.32 Å². The van der Waals surface area contributed by atoms with Gasteiger partial charge in [0.05, 0.1) is 18.8 Å². The van der Waals surface area contributed by atoms with Crippen molar-refractivity contribution in [3.8, 4) is 0 Å². The highest BCUT2D eigenvalue weighted by Gasteiger charge is 2.35. The van der Waals surface area contributed by atoms with Crippen LogP contribution in [0.25, 0.3) is 0 Å². The predicted molar refractivity (Wildman–Crippen MR) is 91.6 cm³/mol. The summed E-state index contributed by atoms with van der Waals surface area (Å²) < 4.78 is 5.98. The Morgan fingerprint density at radius 3 is 2.79 bits per heavy atom. The fourth-order valence-electron chi connectivity index (χ4n) is 3.12. The molecule has 0 spiro atoms. The summed E-state index contributed by atoms with van der Waals surface area (Å²) in [6, 6.07) is 9.98. The Labute approximate surface area is 142 Å². The summed E-state index contributed by atoms with van der Waals surface area (Å²) in [4.78, 5) is 14.4. The van der Waals surface area contributed by atoms with E-state index in [2.05, 4.69) is 15.5 Å². The van der Waals surface area contributed by atoms with Crippen LogP contribution in [-0.4, -0.2) is 40.8 Å². The van der Waals surface area contributed by atoms with Crippen molar-refractivity contribution in [1.82, 2.24) is 20.4 Å². The number of aryl methyl sites for hydroxylation is 2. The van der Waals surface area contributed by atoms with E-state index in [1.165, 1.54) is 0 Å². The maximum atomic E-state index is 12.6. The molecule has 0 radical (unpaired) electrons. The normalized spacial score (nSPS) is 20.9. The Morgan fingerprint density at radius 1 is 1.38 bits per heavy atom. The third kappa shape index (κ3) is 3.28. The van der Waals surface area contributed by atoms with Gasteiger partial charge in [0.25, 0.3) is 0 Å². The number of H-pyrrole nitrogens is 1. The molecule has 1 saturated heterocycles. The number of nitrogens with zero attached hydrogens (tertiary/aromatic N) is 2. The number of urea groups is 1. The average Bonchev–Trinajstić information content (AvgIpc) is 2.92. The van der Waals surface area contributed by atoms with Crippen molar-refractivity contribution in [3.63, 3.8) is 0 Å². The first kappa shape index (κ1) is 16.5. The highest BCUT2D eigenvalue weighted by molar-refractivity contribution is 5.74. The fourth-order valence-corrected chi connectivity index (χ4v) is 3.12. The molecule has 128 valence electrons. The van der Waals surface area contributed by atoms with Gasteiger partial charge in [-0.2, -0.15) is 5.10 Å². The van der Waals surface area contributed by atoms with E-state index in [-0.39, 0.29) is 6.03 Å². The number of rotatable bonds is 3. The molecule has 6 nitrogen and oxygen atoms in total. The largest absolute Gasteiger partial charge is 0.367 e. The van der Waals surface area contributed by atoms with Gasteiger partial charge in [-0.05, 0) is 26.3 Å². The van der Waals surface area contributed by atoms with E-state index in [9.17, 15) is 4.79 Å². The second-order valence-electron chi connectivity index (χ2n) is 6.44. The van der Waals surface area contributed by atoms with Gasteiger partial charge in [-0.15, -0.1) is 0 Å². The number of hydrogen-bond acceptors (Lipinski definition) is 3. The maximum Gasteiger partial charge on any atom is 0.317 e. The van der Waals surface area contributed by atoms with E-state index in [0.29, 0.717) is 26.2 Å². The molecule has 1 aromatic heterocycles. The van der Waals surface area contributed by atoms with E-state index in [1.807, 2.05) is 56.0 Å². The maximum absolute atomic E-state index is 12.6. The Hall–Kier alpha value is -2.34. The highest BCUT2D eigenvalue weighted by atomic mass is 16.5. The summed E-state index contributed by atoms with van der Waals surface area (Å²) in [5.74, 6) is 0. The fraction of sp³-hybridized carbons (Fsp3) is 0.444. The van der Waals surface area contributed by atoms with Crippen LogP contribution in [0.15, 0.2) is 30.3 Å². The predicted octanol–water partition coefficient (Wildman–Crippen LogP) is 2.48. The van der Waals surface area contributed by atoms with Gasteiger partial charge in [0, 0.05) is 24.3 Å². The molecule has 0 bridgehead atoms. The number of carbonyl (C=O) groups is 1. The highest BCUT2D eigenvalue weighted by Crippen LogP contribution is 2.29. The number of benzene rings is 1. The van der Waals surface area contributed by atoms with Crippen molar-refractivity contribution in [1.29, 1.82) is 0 Å². The summed E-state index contributed by atoms with van der Waals surface area (Å²) in [6.07, 6.45) is 0. The van der Waals surface area contributed by atoms with Crippen LogP contribution in [0.2, 0.25) is 0 Å². The van der Waals surface area contributed by atoms with Gasteiger partial charge in [0.2, 0.25) is 0 Å². The summed E-state index contributed by atoms with van der Waals surface area (Å²) in [5, 5.41) is 10.1. The lowest BCUT2D eigenvalue weighted by molar-refractivity contribution is -0.0906. The van der Waals surface area contributed by atoms with Crippen molar-refractivity contribution in [2.45, 2.75) is 32.9 Å². The lowest BCUT2D eigenvalue weighted by Gasteiger charge is -2.40. The van der Waals surface area contributed by atoms with Crippen molar-refractivity contribution in [2.24, 2.45) is 0 Å². The third-order valence-electron chi connectivity index (χ3n) is 4.64. The van der Waals surface area contributed by atoms with Gasteiger partial charge < -0.3 is 15.0 Å². The first-order chi connectivity index (χ1) is 11.5. The van der Waals surface area contributed by atoms with Gasteiger partial charge in [0.1, 0.15) is 5.60 Å². The molecule has 1 atom stereocenters. The van der Waals surface area contributed by atoms with E-state index in [0.717, 1.165) is 22.5 Å². The van der Waals surface area contributed by atoms with Crippen LogP contribution in [-0.2, 0) is 16.9 Å². The SMILES string of the molecule is Cc1n[nH]c(C)c1CNC(=O)N1CCO[C@@](C)(c2ccccc2)C1. The van der Waals surface area contributed by atoms with E-state index < -0.39 is 5.60 Å². The summed E-state index contributed by atoms with van der Waals surface area (Å²) in [6.45, 7) is 8.07. The number of hydrogen-bond donors (Lipinski definition) is 2. The molecule has 2 amide bonds.